The van der Waals surface area contributed by atoms with Crippen LogP contribution in [-0.2, 0) is 4.79 Å². The first kappa shape index (κ1) is 16.1. The third kappa shape index (κ3) is 3.60. The topological polar surface area (TPSA) is 58.6 Å². The number of carbonyl (C=O) groups is 2. The fraction of sp³-hybridized carbons (Fsp3) is 0.111. The number of amides is 2. The number of imide groups is 1. The Morgan fingerprint density at radius 1 is 1.12 bits per heavy atom. The van der Waals surface area contributed by atoms with Crippen LogP contribution < -0.4 is 10.1 Å². The number of ether oxygens (including phenoxy) is 1. The van der Waals surface area contributed by atoms with Gasteiger partial charge in [0, 0.05) is 5.69 Å². The number of anilines is 1. The minimum atomic E-state index is -0.295. The van der Waals surface area contributed by atoms with Gasteiger partial charge in [0.15, 0.2) is 0 Å². The van der Waals surface area contributed by atoms with Crippen molar-refractivity contribution in [3.05, 3.63) is 65.1 Å². The first-order valence-electron chi connectivity index (χ1n) is 7.36. The molecule has 2 amide bonds. The highest BCUT2D eigenvalue weighted by Gasteiger charge is 2.34. The maximum Gasteiger partial charge on any atom is 0.295 e. The van der Waals surface area contributed by atoms with E-state index in [4.69, 9.17) is 4.74 Å². The highest BCUT2D eigenvalue weighted by molar-refractivity contribution is 8.18. The zero-order chi connectivity index (χ0) is 16.9. The van der Waals surface area contributed by atoms with Crippen LogP contribution in [0.3, 0.4) is 0 Å². The van der Waals surface area contributed by atoms with Gasteiger partial charge in [0.2, 0.25) is 0 Å². The van der Waals surface area contributed by atoms with E-state index in [1.54, 1.807) is 13.2 Å². The Bertz CT molecular complexity index is 790. The standard InChI is InChI=1S/C18H16N2O3S/c1-23-15-9-5-6-13(10-15)11-16-17(21)20(18(22)24-16)12-19-14-7-3-2-4-8-14/h2-11,19H,12H2,1H3. The van der Waals surface area contributed by atoms with Crippen molar-refractivity contribution >= 4 is 34.7 Å². The molecule has 24 heavy (non-hydrogen) atoms. The first-order chi connectivity index (χ1) is 11.7. The number of para-hydroxylation sites is 1. The van der Waals surface area contributed by atoms with Gasteiger partial charge in [0.05, 0.1) is 18.7 Å². The minimum absolute atomic E-state index is 0.143. The van der Waals surface area contributed by atoms with E-state index in [0.29, 0.717) is 10.7 Å². The van der Waals surface area contributed by atoms with E-state index in [1.807, 2.05) is 54.6 Å². The predicted octanol–water partition coefficient (Wildman–Crippen LogP) is 3.80. The van der Waals surface area contributed by atoms with E-state index in [0.717, 1.165) is 23.0 Å². The summed E-state index contributed by atoms with van der Waals surface area (Å²) in [6, 6.07) is 16.8. The van der Waals surface area contributed by atoms with Crippen LogP contribution in [0.4, 0.5) is 10.5 Å². The van der Waals surface area contributed by atoms with Crippen molar-refractivity contribution in [3.8, 4) is 5.75 Å². The van der Waals surface area contributed by atoms with E-state index in [-0.39, 0.29) is 17.8 Å². The molecule has 6 heteroatoms. The molecule has 0 bridgehead atoms. The lowest BCUT2D eigenvalue weighted by Crippen LogP contribution is -2.33. The second-order valence-corrected chi connectivity index (χ2v) is 6.08. The van der Waals surface area contributed by atoms with Gasteiger partial charge >= 0.3 is 0 Å². The van der Waals surface area contributed by atoms with Gasteiger partial charge < -0.3 is 10.1 Å². The van der Waals surface area contributed by atoms with Crippen molar-refractivity contribution < 1.29 is 14.3 Å². The number of nitrogens with zero attached hydrogens (tertiary/aromatic N) is 1. The highest BCUT2D eigenvalue weighted by atomic mass is 32.2. The Morgan fingerprint density at radius 3 is 2.67 bits per heavy atom. The number of rotatable bonds is 5. The average Bonchev–Trinajstić information content (AvgIpc) is 2.87. The maximum absolute atomic E-state index is 12.4. The van der Waals surface area contributed by atoms with Crippen molar-refractivity contribution in [2.75, 3.05) is 19.1 Å². The van der Waals surface area contributed by atoms with Crippen molar-refractivity contribution in [1.82, 2.24) is 4.90 Å². The molecule has 1 N–H and O–H groups in total. The van der Waals surface area contributed by atoms with Crippen molar-refractivity contribution in [1.29, 1.82) is 0 Å². The summed E-state index contributed by atoms with van der Waals surface area (Å²) in [4.78, 5) is 26.1. The summed E-state index contributed by atoms with van der Waals surface area (Å²) < 4.78 is 5.17. The number of thioether (sulfide) groups is 1. The molecule has 0 atom stereocenters. The molecule has 1 aliphatic rings. The third-order valence-electron chi connectivity index (χ3n) is 3.48. The molecule has 0 radical (unpaired) electrons. The van der Waals surface area contributed by atoms with Crippen LogP contribution in [0.2, 0.25) is 0 Å². The Morgan fingerprint density at radius 2 is 1.92 bits per heavy atom. The van der Waals surface area contributed by atoms with E-state index in [9.17, 15) is 9.59 Å². The molecule has 2 aromatic rings. The lowest BCUT2D eigenvalue weighted by atomic mass is 10.2. The summed E-state index contributed by atoms with van der Waals surface area (Å²) >= 11 is 0.943. The lowest BCUT2D eigenvalue weighted by molar-refractivity contribution is -0.122. The summed E-state index contributed by atoms with van der Waals surface area (Å²) in [6.07, 6.45) is 1.70. The number of benzene rings is 2. The second kappa shape index (κ2) is 7.23. The molecule has 2 aromatic carbocycles. The molecule has 0 unspecified atom stereocenters. The van der Waals surface area contributed by atoms with Crippen molar-refractivity contribution in [2.45, 2.75) is 0 Å². The molecule has 0 aromatic heterocycles. The van der Waals surface area contributed by atoms with E-state index < -0.39 is 0 Å². The Hall–Kier alpha value is -2.73. The molecule has 3 rings (SSSR count). The molecular formula is C18H16N2O3S. The molecule has 1 heterocycles. The summed E-state index contributed by atoms with van der Waals surface area (Å²) in [5, 5.41) is 2.79. The van der Waals surface area contributed by atoms with E-state index in [1.165, 1.54) is 4.90 Å². The van der Waals surface area contributed by atoms with Gasteiger partial charge in [-0.25, -0.2) is 0 Å². The fourth-order valence-corrected chi connectivity index (χ4v) is 3.08. The van der Waals surface area contributed by atoms with Crippen molar-refractivity contribution in [3.63, 3.8) is 0 Å². The molecule has 1 aliphatic heterocycles. The summed E-state index contributed by atoms with van der Waals surface area (Å²) in [6.45, 7) is 0.143. The lowest BCUT2D eigenvalue weighted by Gasteiger charge is -2.14. The number of hydrogen-bond acceptors (Lipinski definition) is 5. The summed E-state index contributed by atoms with van der Waals surface area (Å²) in [5.74, 6) is 0.407. The molecule has 5 nitrogen and oxygen atoms in total. The largest absolute Gasteiger partial charge is 0.497 e. The predicted molar refractivity (Wildman–Crippen MR) is 95.7 cm³/mol. The Labute approximate surface area is 144 Å². The first-order valence-corrected chi connectivity index (χ1v) is 8.17. The molecule has 0 saturated carbocycles. The Balaban J connectivity index is 1.72. The molecule has 1 saturated heterocycles. The van der Waals surface area contributed by atoms with Crippen LogP contribution in [0.5, 0.6) is 5.75 Å². The summed E-state index contributed by atoms with van der Waals surface area (Å²) in [5.41, 5.74) is 1.67. The highest BCUT2D eigenvalue weighted by Crippen LogP contribution is 2.32. The molecule has 122 valence electrons. The molecule has 0 aliphatic carbocycles. The number of hydrogen-bond donors (Lipinski definition) is 1. The van der Waals surface area contributed by atoms with Gasteiger partial charge in [-0.1, -0.05) is 30.3 Å². The SMILES string of the molecule is COc1cccc(C=C2SC(=O)N(CNc3ccccc3)C2=O)c1. The van der Waals surface area contributed by atoms with Crippen LogP contribution in [0, 0.1) is 0 Å². The van der Waals surface area contributed by atoms with Gasteiger partial charge in [-0.15, -0.1) is 0 Å². The van der Waals surface area contributed by atoms with Crippen LogP contribution in [0.25, 0.3) is 6.08 Å². The van der Waals surface area contributed by atoms with E-state index >= 15 is 0 Å². The van der Waals surface area contributed by atoms with Gasteiger partial charge in [-0.2, -0.15) is 0 Å². The van der Waals surface area contributed by atoms with Gasteiger partial charge in [-0.3, -0.25) is 14.5 Å². The number of nitrogens with one attached hydrogen (secondary N) is 1. The minimum Gasteiger partial charge on any atom is -0.497 e. The second-order valence-electron chi connectivity index (χ2n) is 5.09. The monoisotopic (exact) mass is 340 g/mol. The summed E-state index contributed by atoms with van der Waals surface area (Å²) in [7, 11) is 1.59. The number of carbonyl (C=O) groups excluding carboxylic acids is 2. The smallest absolute Gasteiger partial charge is 0.295 e. The zero-order valence-corrected chi connectivity index (χ0v) is 13.9. The zero-order valence-electron chi connectivity index (χ0n) is 13.1. The quantitative estimate of drug-likeness (QED) is 0.839. The van der Waals surface area contributed by atoms with Crippen molar-refractivity contribution in [2.24, 2.45) is 0 Å². The van der Waals surface area contributed by atoms with E-state index in [2.05, 4.69) is 5.32 Å². The molecule has 0 spiro atoms. The Kier molecular flexibility index (Phi) is 4.86. The van der Waals surface area contributed by atoms with Gasteiger partial charge in [0.25, 0.3) is 11.1 Å². The average molecular weight is 340 g/mol. The van der Waals surface area contributed by atoms with Crippen LogP contribution >= 0.6 is 11.8 Å². The van der Waals surface area contributed by atoms with Gasteiger partial charge in [0.1, 0.15) is 5.75 Å². The molecular weight excluding hydrogens is 324 g/mol. The number of methoxy groups -OCH3 is 1. The molecule has 1 fully saturated rings. The third-order valence-corrected chi connectivity index (χ3v) is 4.39. The van der Waals surface area contributed by atoms with Crippen LogP contribution in [0.15, 0.2) is 59.5 Å². The van der Waals surface area contributed by atoms with Crippen LogP contribution in [-0.4, -0.2) is 29.8 Å². The maximum atomic E-state index is 12.4. The van der Waals surface area contributed by atoms with Gasteiger partial charge in [-0.05, 0) is 47.7 Å². The fourth-order valence-electron chi connectivity index (χ4n) is 2.25. The van der Waals surface area contributed by atoms with Crippen LogP contribution in [0.1, 0.15) is 5.56 Å². The normalized spacial score (nSPS) is 15.9.